The second-order valence-electron chi connectivity index (χ2n) is 6.03. The molecule has 1 heterocycles. The third kappa shape index (κ3) is 4.25. The largest absolute Gasteiger partial charge is 0.508 e. The second kappa shape index (κ2) is 7.17. The van der Waals surface area contributed by atoms with Crippen LogP contribution in [0.1, 0.15) is 23.2 Å². The Hall–Kier alpha value is -1.50. The summed E-state index contributed by atoms with van der Waals surface area (Å²) < 4.78 is 0. The van der Waals surface area contributed by atoms with Crippen molar-refractivity contribution in [1.29, 1.82) is 0 Å². The van der Waals surface area contributed by atoms with Crippen molar-refractivity contribution < 1.29 is 15.0 Å². The minimum absolute atomic E-state index is 0. The third-order valence-corrected chi connectivity index (χ3v) is 3.86. The van der Waals surface area contributed by atoms with E-state index in [0.717, 1.165) is 0 Å². The molecule has 1 fully saturated rings. The summed E-state index contributed by atoms with van der Waals surface area (Å²) in [4.78, 5) is 16.1. The van der Waals surface area contributed by atoms with E-state index >= 15 is 0 Å². The van der Waals surface area contributed by atoms with E-state index in [0.29, 0.717) is 43.7 Å². The number of hydrogen-bond acceptors (Lipinski definition) is 5. The van der Waals surface area contributed by atoms with Crippen molar-refractivity contribution in [2.24, 2.45) is 0 Å². The number of likely N-dealkylation sites (tertiary alicyclic amines) is 1. The normalized spacial score (nSPS) is 17.2. The van der Waals surface area contributed by atoms with Gasteiger partial charge in [-0.05, 0) is 45.1 Å². The molecular formula is C15H24ClN3O3. The molecule has 1 saturated heterocycles. The number of anilines is 1. The van der Waals surface area contributed by atoms with Gasteiger partial charge in [-0.3, -0.25) is 4.79 Å². The van der Waals surface area contributed by atoms with Crippen LogP contribution in [-0.2, 0) is 0 Å². The number of carbonyl (C=O) groups excluding carboxylic acids is 1. The van der Waals surface area contributed by atoms with Gasteiger partial charge in [-0.25, -0.2) is 0 Å². The van der Waals surface area contributed by atoms with Crippen LogP contribution in [0.5, 0.6) is 5.75 Å². The number of halogens is 1. The molecule has 1 amide bonds. The number of benzene rings is 1. The molecule has 7 heteroatoms. The highest BCUT2D eigenvalue weighted by Gasteiger charge is 2.34. The van der Waals surface area contributed by atoms with Gasteiger partial charge < -0.3 is 25.7 Å². The van der Waals surface area contributed by atoms with Crippen LogP contribution in [0.4, 0.5) is 5.69 Å². The molecule has 6 nitrogen and oxygen atoms in total. The van der Waals surface area contributed by atoms with E-state index in [1.165, 1.54) is 18.2 Å². The third-order valence-electron chi connectivity index (χ3n) is 3.86. The molecule has 1 aromatic carbocycles. The highest BCUT2D eigenvalue weighted by atomic mass is 35.5. The number of phenols is 1. The molecular weight excluding hydrogens is 306 g/mol. The van der Waals surface area contributed by atoms with Gasteiger partial charge in [-0.2, -0.15) is 0 Å². The standard InChI is InChI=1S/C15H23N3O3.ClH/c1-17(2)10-15(21)5-7-18(8-6-15)14(20)12-9-11(19)3-4-13(12)16;/h3-4,9,19,21H,5-8,10,16H2,1-2H3;1H. The van der Waals surface area contributed by atoms with Crippen LogP contribution in [0.15, 0.2) is 18.2 Å². The summed E-state index contributed by atoms with van der Waals surface area (Å²) >= 11 is 0. The lowest BCUT2D eigenvalue weighted by Crippen LogP contribution is -2.51. The first-order valence-electron chi connectivity index (χ1n) is 7.06. The molecule has 1 aromatic rings. The molecule has 0 aliphatic carbocycles. The number of carbonyl (C=O) groups is 1. The van der Waals surface area contributed by atoms with Gasteiger partial charge in [-0.15, -0.1) is 12.4 Å². The van der Waals surface area contributed by atoms with Gasteiger partial charge in [0.15, 0.2) is 0 Å². The Morgan fingerprint density at radius 2 is 1.95 bits per heavy atom. The van der Waals surface area contributed by atoms with Crippen molar-refractivity contribution >= 4 is 24.0 Å². The van der Waals surface area contributed by atoms with Crippen LogP contribution >= 0.6 is 12.4 Å². The summed E-state index contributed by atoms with van der Waals surface area (Å²) in [5, 5.41) is 20.0. The maximum atomic E-state index is 12.4. The maximum absolute atomic E-state index is 12.4. The molecule has 0 atom stereocenters. The van der Waals surface area contributed by atoms with E-state index in [2.05, 4.69) is 0 Å². The lowest BCUT2D eigenvalue weighted by molar-refractivity contribution is -0.0324. The van der Waals surface area contributed by atoms with Crippen LogP contribution in [-0.4, -0.2) is 65.3 Å². The lowest BCUT2D eigenvalue weighted by Gasteiger charge is -2.39. The number of aromatic hydroxyl groups is 1. The van der Waals surface area contributed by atoms with Crippen molar-refractivity contribution in [2.45, 2.75) is 18.4 Å². The average molecular weight is 330 g/mol. The van der Waals surface area contributed by atoms with Gasteiger partial charge in [0.25, 0.3) is 5.91 Å². The molecule has 22 heavy (non-hydrogen) atoms. The van der Waals surface area contributed by atoms with Crippen molar-refractivity contribution in [2.75, 3.05) is 39.5 Å². The number of rotatable bonds is 3. The summed E-state index contributed by atoms with van der Waals surface area (Å²) in [6, 6.07) is 4.37. The van der Waals surface area contributed by atoms with Crippen LogP contribution < -0.4 is 5.73 Å². The van der Waals surface area contributed by atoms with E-state index in [1.54, 1.807) is 4.90 Å². The molecule has 0 saturated carbocycles. The van der Waals surface area contributed by atoms with Gasteiger partial charge >= 0.3 is 0 Å². The molecule has 0 aromatic heterocycles. The lowest BCUT2D eigenvalue weighted by atomic mass is 9.90. The fourth-order valence-corrected chi connectivity index (χ4v) is 2.77. The van der Waals surface area contributed by atoms with Crippen LogP contribution in [0.2, 0.25) is 0 Å². The monoisotopic (exact) mass is 329 g/mol. The Bertz CT molecular complexity index is 529. The summed E-state index contributed by atoms with van der Waals surface area (Å²) in [7, 11) is 3.84. The number of hydrogen-bond donors (Lipinski definition) is 3. The highest BCUT2D eigenvalue weighted by Crippen LogP contribution is 2.26. The van der Waals surface area contributed by atoms with E-state index in [-0.39, 0.29) is 24.1 Å². The molecule has 0 spiro atoms. The smallest absolute Gasteiger partial charge is 0.256 e. The number of likely N-dealkylation sites (N-methyl/N-ethyl adjacent to an activating group) is 1. The molecule has 0 radical (unpaired) electrons. The zero-order chi connectivity index (χ0) is 15.6. The van der Waals surface area contributed by atoms with Crippen LogP contribution in [0.25, 0.3) is 0 Å². The van der Waals surface area contributed by atoms with Crippen molar-refractivity contribution in [3.05, 3.63) is 23.8 Å². The summed E-state index contributed by atoms with van der Waals surface area (Å²) in [5.41, 5.74) is 5.72. The minimum atomic E-state index is -0.745. The van der Waals surface area contributed by atoms with Crippen molar-refractivity contribution in [3.63, 3.8) is 0 Å². The first kappa shape index (κ1) is 18.5. The predicted molar refractivity (Wildman–Crippen MR) is 88.4 cm³/mol. The van der Waals surface area contributed by atoms with E-state index in [1.807, 2.05) is 19.0 Å². The first-order chi connectivity index (χ1) is 9.81. The molecule has 124 valence electrons. The zero-order valence-electron chi connectivity index (χ0n) is 13.0. The Balaban J connectivity index is 0.00000242. The summed E-state index contributed by atoms with van der Waals surface area (Å²) in [5.74, 6) is -0.177. The van der Waals surface area contributed by atoms with Crippen molar-refractivity contribution in [3.8, 4) is 5.75 Å². The first-order valence-corrected chi connectivity index (χ1v) is 7.06. The number of aliphatic hydroxyl groups is 1. The number of nitrogen functional groups attached to an aromatic ring is 1. The van der Waals surface area contributed by atoms with Gasteiger partial charge in [0.2, 0.25) is 0 Å². The Morgan fingerprint density at radius 1 is 1.36 bits per heavy atom. The molecule has 0 bridgehead atoms. The Kier molecular flexibility index (Phi) is 6.05. The molecule has 1 aliphatic rings. The maximum Gasteiger partial charge on any atom is 0.256 e. The van der Waals surface area contributed by atoms with Crippen LogP contribution in [0.3, 0.4) is 0 Å². The molecule has 2 rings (SSSR count). The number of amides is 1. The molecule has 0 unspecified atom stereocenters. The molecule has 1 aliphatic heterocycles. The van der Waals surface area contributed by atoms with Crippen LogP contribution in [0, 0.1) is 0 Å². The SMILES string of the molecule is CN(C)CC1(O)CCN(C(=O)c2cc(O)ccc2N)CC1.Cl. The van der Waals surface area contributed by atoms with E-state index in [9.17, 15) is 15.0 Å². The van der Waals surface area contributed by atoms with Gasteiger partial charge in [0.05, 0.1) is 11.2 Å². The van der Waals surface area contributed by atoms with Gasteiger partial charge in [0.1, 0.15) is 5.75 Å². The fraction of sp³-hybridized carbons (Fsp3) is 0.533. The average Bonchev–Trinajstić information content (AvgIpc) is 2.40. The van der Waals surface area contributed by atoms with E-state index < -0.39 is 5.60 Å². The topological polar surface area (TPSA) is 90.0 Å². The highest BCUT2D eigenvalue weighted by molar-refractivity contribution is 5.99. The predicted octanol–water partition coefficient (Wildman–Crippen LogP) is 0.925. The van der Waals surface area contributed by atoms with Gasteiger partial charge in [0, 0.05) is 25.3 Å². The Labute approximate surface area is 136 Å². The minimum Gasteiger partial charge on any atom is -0.508 e. The Morgan fingerprint density at radius 3 is 2.50 bits per heavy atom. The quantitative estimate of drug-likeness (QED) is 0.567. The number of piperidine rings is 1. The van der Waals surface area contributed by atoms with E-state index in [4.69, 9.17) is 5.73 Å². The second-order valence-corrected chi connectivity index (χ2v) is 6.03. The van der Waals surface area contributed by atoms with Gasteiger partial charge in [-0.1, -0.05) is 0 Å². The number of phenolic OH excluding ortho intramolecular Hbond substituents is 1. The number of nitrogens with zero attached hydrogens (tertiary/aromatic N) is 2. The van der Waals surface area contributed by atoms with Crippen molar-refractivity contribution in [1.82, 2.24) is 9.80 Å². The number of nitrogens with two attached hydrogens (primary N) is 1. The fourth-order valence-electron chi connectivity index (χ4n) is 2.77. The zero-order valence-corrected chi connectivity index (χ0v) is 13.8. The molecule has 4 N–H and O–H groups in total. The summed E-state index contributed by atoms with van der Waals surface area (Å²) in [6.07, 6.45) is 1.07. The summed E-state index contributed by atoms with van der Waals surface area (Å²) in [6.45, 7) is 1.56.